The Hall–Kier alpha value is -1.70. The molecule has 7 heteroatoms. The summed E-state index contributed by atoms with van der Waals surface area (Å²) in [6, 6.07) is 8.83. The fraction of sp³-hybridized carbons (Fsp3) is 0.214. The fourth-order valence-electron chi connectivity index (χ4n) is 1.76. The van der Waals surface area contributed by atoms with E-state index in [1.165, 1.54) is 11.4 Å². The molecule has 2 rings (SSSR count). The molecule has 0 aliphatic rings. The van der Waals surface area contributed by atoms with Gasteiger partial charge in [0.2, 0.25) is 10.0 Å². The molecule has 0 bridgehead atoms. The number of nitrogens with two attached hydrogens (primary N) is 1. The summed E-state index contributed by atoms with van der Waals surface area (Å²) in [6.07, 6.45) is 0. The predicted molar refractivity (Wildman–Crippen MR) is 84.2 cm³/mol. The standard InChI is InChI=1S/C14H16N2O3S2/c1-9(2)10-4-3-5-12(6-10)16-14(17)11-7-13(20-8-11)21(15,18)19/h3-9H,1-2H3,(H,16,17)(H2,15,18,19). The minimum absolute atomic E-state index is 0.0245. The van der Waals surface area contributed by atoms with Gasteiger partial charge in [-0.2, -0.15) is 0 Å². The first-order valence-corrected chi connectivity index (χ1v) is 8.72. The van der Waals surface area contributed by atoms with Crippen molar-refractivity contribution in [2.45, 2.75) is 24.0 Å². The van der Waals surface area contributed by atoms with Crippen LogP contribution in [0.25, 0.3) is 0 Å². The second kappa shape index (κ2) is 5.97. The highest BCUT2D eigenvalue weighted by Crippen LogP contribution is 2.22. The quantitative estimate of drug-likeness (QED) is 0.906. The largest absolute Gasteiger partial charge is 0.322 e. The first-order valence-electron chi connectivity index (χ1n) is 6.30. The van der Waals surface area contributed by atoms with Crippen LogP contribution in [0.4, 0.5) is 5.69 Å². The average molecular weight is 324 g/mol. The maximum Gasteiger partial charge on any atom is 0.256 e. The van der Waals surface area contributed by atoms with Crippen LogP contribution in [-0.4, -0.2) is 14.3 Å². The molecule has 0 unspecified atom stereocenters. The molecule has 1 aromatic heterocycles. The van der Waals surface area contributed by atoms with Crippen molar-refractivity contribution in [3.63, 3.8) is 0 Å². The van der Waals surface area contributed by atoms with Crippen molar-refractivity contribution >= 4 is 33.0 Å². The molecule has 0 spiro atoms. The summed E-state index contributed by atoms with van der Waals surface area (Å²) in [5.41, 5.74) is 2.07. The summed E-state index contributed by atoms with van der Waals surface area (Å²) in [5, 5.41) is 9.25. The molecule has 0 saturated carbocycles. The van der Waals surface area contributed by atoms with Crippen LogP contribution in [0.5, 0.6) is 0 Å². The number of anilines is 1. The zero-order chi connectivity index (χ0) is 15.6. The maximum absolute atomic E-state index is 12.1. The van der Waals surface area contributed by atoms with Gasteiger partial charge in [0.15, 0.2) is 0 Å². The molecule has 2 aromatic rings. The Morgan fingerprint density at radius 1 is 1.29 bits per heavy atom. The molecule has 1 heterocycles. The zero-order valence-electron chi connectivity index (χ0n) is 11.7. The summed E-state index contributed by atoms with van der Waals surface area (Å²) in [4.78, 5) is 12.1. The van der Waals surface area contributed by atoms with Crippen LogP contribution in [0.1, 0.15) is 35.7 Å². The van der Waals surface area contributed by atoms with Crippen LogP contribution in [0.3, 0.4) is 0 Å². The van der Waals surface area contributed by atoms with Gasteiger partial charge in [-0.15, -0.1) is 11.3 Å². The number of carbonyl (C=O) groups is 1. The Morgan fingerprint density at radius 2 is 2.00 bits per heavy atom. The number of rotatable bonds is 4. The van der Waals surface area contributed by atoms with Crippen LogP contribution in [0.15, 0.2) is 39.9 Å². The Bertz CT molecular complexity index is 764. The highest BCUT2D eigenvalue weighted by molar-refractivity contribution is 7.91. The van der Waals surface area contributed by atoms with Gasteiger partial charge in [0, 0.05) is 11.1 Å². The number of thiophene rings is 1. The third-order valence-electron chi connectivity index (χ3n) is 2.93. The summed E-state index contributed by atoms with van der Waals surface area (Å²) >= 11 is 0.930. The van der Waals surface area contributed by atoms with Crippen LogP contribution in [0, 0.1) is 0 Å². The third kappa shape index (κ3) is 3.90. The van der Waals surface area contributed by atoms with Gasteiger partial charge >= 0.3 is 0 Å². The van der Waals surface area contributed by atoms with E-state index in [1.54, 1.807) is 6.07 Å². The van der Waals surface area contributed by atoms with Crippen molar-refractivity contribution in [2.24, 2.45) is 5.14 Å². The van der Waals surface area contributed by atoms with E-state index in [0.29, 0.717) is 11.6 Å². The number of benzene rings is 1. The second-order valence-electron chi connectivity index (χ2n) is 4.93. The van der Waals surface area contributed by atoms with Crippen molar-refractivity contribution in [1.29, 1.82) is 0 Å². The highest BCUT2D eigenvalue weighted by Gasteiger charge is 2.15. The van der Waals surface area contributed by atoms with Gasteiger partial charge in [-0.25, -0.2) is 13.6 Å². The Morgan fingerprint density at radius 3 is 2.57 bits per heavy atom. The van der Waals surface area contributed by atoms with E-state index in [4.69, 9.17) is 5.14 Å². The summed E-state index contributed by atoms with van der Waals surface area (Å²) in [5.74, 6) is -0.000888. The van der Waals surface area contributed by atoms with Crippen LogP contribution in [-0.2, 0) is 10.0 Å². The predicted octanol–water partition coefficient (Wildman–Crippen LogP) is 2.77. The molecule has 0 atom stereocenters. The van der Waals surface area contributed by atoms with Gasteiger partial charge in [0.05, 0.1) is 5.56 Å². The van der Waals surface area contributed by atoms with Crippen LogP contribution >= 0.6 is 11.3 Å². The molecule has 0 aliphatic carbocycles. The van der Waals surface area contributed by atoms with Gasteiger partial charge in [-0.1, -0.05) is 26.0 Å². The van der Waals surface area contributed by atoms with E-state index in [9.17, 15) is 13.2 Å². The summed E-state index contributed by atoms with van der Waals surface area (Å²) in [6.45, 7) is 4.14. The SMILES string of the molecule is CC(C)c1cccc(NC(=O)c2csc(S(N)(=O)=O)c2)c1. The highest BCUT2D eigenvalue weighted by atomic mass is 32.2. The van der Waals surface area contributed by atoms with Crippen molar-refractivity contribution in [2.75, 3.05) is 5.32 Å². The lowest BCUT2D eigenvalue weighted by molar-refractivity contribution is 0.102. The maximum atomic E-state index is 12.1. The van der Waals surface area contributed by atoms with E-state index in [1.807, 2.05) is 18.2 Å². The Balaban J connectivity index is 2.18. The summed E-state index contributed by atoms with van der Waals surface area (Å²) < 4.78 is 22.4. The van der Waals surface area contributed by atoms with E-state index in [-0.39, 0.29) is 15.7 Å². The van der Waals surface area contributed by atoms with Gasteiger partial charge in [0.25, 0.3) is 5.91 Å². The molecule has 0 saturated heterocycles. The topological polar surface area (TPSA) is 89.3 Å². The van der Waals surface area contributed by atoms with E-state index in [0.717, 1.165) is 16.9 Å². The first kappa shape index (κ1) is 15.7. The molecule has 21 heavy (non-hydrogen) atoms. The van der Waals surface area contributed by atoms with Gasteiger partial charge in [0.1, 0.15) is 4.21 Å². The van der Waals surface area contributed by atoms with Crippen molar-refractivity contribution in [3.8, 4) is 0 Å². The lowest BCUT2D eigenvalue weighted by Crippen LogP contribution is -2.12. The molecule has 0 aliphatic heterocycles. The van der Waals surface area contributed by atoms with Gasteiger partial charge in [-0.3, -0.25) is 4.79 Å². The molecule has 1 aromatic carbocycles. The van der Waals surface area contributed by atoms with Gasteiger partial charge in [-0.05, 0) is 29.7 Å². The van der Waals surface area contributed by atoms with Crippen molar-refractivity contribution in [3.05, 3.63) is 46.8 Å². The minimum Gasteiger partial charge on any atom is -0.322 e. The second-order valence-corrected chi connectivity index (χ2v) is 7.63. The molecule has 0 radical (unpaired) electrons. The third-order valence-corrected chi connectivity index (χ3v) is 5.32. The van der Waals surface area contributed by atoms with Crippen molar-refractivity contribution in [1.82, 2.24) is 0 Å². The lowest BCUT2D eigenvalue weighted by atomic mass is 10.0. The molecular formula is C14H16N2O3S2. The number of nitrogens with one attached hydrogen (secondary N) is 1. The van der Waals surface area contributed by atoms with Crippen molar-refractivity contribution < 1.29 is 13.2 Å². The minimum atomic E-state index is -3.77. The monoisotopic (exact) mass is 324 g/mol. The first-order chi connectivity index (χ1) is 9.77. The Labute approximate surface area is 127 Å². The van der Waals surface area contributed by atoms with Crippen LogP contribution < -0.4 is 10.5 Å². The zero-order valence-corrected chi connectivity index (χ0v) is 13.3. The van der Waals surface area contributed by atoms with Gasteiger partial charge < -0.3 is 5.32 Å². The molecular weight excluding hydrogens is 308 g/mol. The normalized spacial score (nSPS) is 11.6. The van der Waals surface area contributed by atoms with E-state index in [2.05, 4.69) is 19.2 Å². The molecule has 5 nitrogen and oxygen atoms in total. The average Bonchev–Trinajstić information content (AvgIpc) is 2.88. The Kier molecular flexibility index (Phi) is 4.46. The summed E-state index contributed by atoms with van der Waals surface area (Å²) in [7, 11) is -3.77. The number of hydrogen-bond acceptors (Lipinski definition) is 4. The molecule has 1 amide bonds. The number of carbonyl (C=O) groups excluding carboxylic acids is 1. The molecule has 3 N–H and O–H groups in total. The number of primary sulfonamides is 1. The van der Waals surface area contributed by atoms with E-state index < -0.39 is 10.0 Å². The smallest absolute Gasteiger partial charge is 0.256 e. The lowest BCUT2D eigenvalue weighted by Gasteiger charge is -2.09. The van der Waals surface area contributed by atoms with Crippen LogP contribution in [0.2, 0.25) is 0 Å². The number of hydrogen-bond donors (Lipinski definition) is 2. The molecule has 0 fully saturated rings. The fourth-order valence-corrected chi connectivity index (χ4v) is 3.35. The number of sulfonamides is 1. The van der Waals surface area contributed by atoms with E-state index >= 15 is 0 Å². The number of amides is 1. The molecule has 112 valence electrons.